The monoisotopic (exact) mass is 186 g/mol. The van der Waals surface area contributed by atoms with E-state index < -0.39 is 0 Å². The Bertz CT molecular complexity index is 202. The second-order valence-electron chi connectivity index (χ2n) is 4.86. The van der Waals surface area contributed by atoms with E-state index in [2.05, 4.69) is 0 Å². The van der Waals surface area contributed by atoms with Gasteiger partial charge in [0.05, 0.1) is 6.10 Å². The molecule has 2 saturated carbocycles. The summed E-state index contributed by atoms with van der Waals surface area (Å²) in [6.45, 7) is 2.21. The lowest BCUT2D eigenvalue weighted by atomic mass is 9.67. The standard InChI is InChI=1S/C10H18O3/c1-10(5-12)7-2-6(3-9(7)13)8(10)4-11/h6-9,11-13H,2-5H2,1H3. The van der Waals surface area contributed by atoms with Gasteiger partial charge in [0.15, 0.2) is 0 Å². The molecule has 0 heterocycles. The lowest BCUT2D eigenvalue weighted by Crippen LogP contribution is -2.44. The van der Waals surface area contributed by atoms with E-state index in [-0.39, 0.29) is 36.6 Å². The van der Waals surface area contributed by atoms with Gasteiger partial charge in [-0.25, -0.2) is 0 Å². The molecule has 76 valence electrons. The predicted molar refractivity (Wildman–Crippen MR) is 48.0 cm³/mol. The van der Waals surface area contributed by atoms with Crippen molar-refractivity contribution < 1.29 is 15.3 Å². The van der Waals surface area contributed by atoms with Gasteiger partial charge >= 0.3 is 0 Å². The Balaban J connectivity index is 2.25. The molecule has 5 unspecified atom stereocenters. The lowest BCUT2D eigenvalue weighted by Gasteiger charge is -2.41. The van der Waals surface area contributed by atoms with Crippen LogP contribution in [0, 0.1) is 23.2 Å². The second-order valence-corrected chi connectivity index (χ2v) is 4.86. The minimum absolute atomic E-state index is 0.0798. The first kappa shape index (κ1) is 9.44. The van der Waals surface area contributed by atoms with Crippen molar-refractivity contribution in [3.05, 3.63) is 0 Å². The van der Waals surface area contributed by atoms with E-state index in [4.69, 9.17) is 0 Å². The molecule has 0 spiro atoms. The van der Waals surface area contributed by atoms with Crippen LogP contribution in [0.25, 0.3) is 0 Å². The maximum Gasteiger partial charge on any atom is 0.0577 e. The smallest absolute Gasteiger partial charge is 0.0577 e. The predicted octanol–water partition coefficient (Wildman–Crippen LogP) is -0.00580. The molecule has 2 aliphatic carbocycles. The highest BCUT2D eigenvalue weighted by molar-refractivity contribution is 5.07. The third-order valence-electron chi connectivity index (χ3n) is 4.37. The zero-order valence-corrected chi connectivity index (χ0v) is 7.98. The number of rotatable bonds is 2. The summed E-state index contributed by atoms with van der Waals surface area (Å²) in [6, 6.07) is 0. The van der Waals surface area contributed by atoms with E-state index >= 15 is 0 Å². The summed E-state index contributed by atoms with van der Waals surface area (Å²) in [6.07, 6.45) is 1.53. The molecule has 3 heteroatoms. The Kier molecular flexibility index (Phi) is 2.13. The van der Waals surface area contributed by atoms with E-state index in [0.717, 1.165) is 12.8 Å². The van der Waals surface area contributed by atoms with Gasteiger partial charge in [-0.15, -0.1) is 0 Å². The van der Waals surface area contributed by atoms with Crippen molar-refractivity contribution in [2.75, 3.05) is 13.2 Å². The molecule has 2 bridgehead atoms. The van der Waals surface area contributed by atoms with Gasteiger partial charge in [-0.3, -0.25) is 0 Å². The highest BCUT2D eigenvalue weighted by atomic mass is 16.3. The number of aliphatic hydroxyl groups is 3. The normalized spacial score (nSPS) is 54.5. The fourth-order valence-corrected chi connectivity index (χ4v) is 3.50. The molecular formula is C10H18O3. The Hall–Kier alpha value is -0.120. The summed E-state index contributed by atoms with van der Waals surface area (Å²) in [5.74, 6) is 0.799. The largest absolute Gasteiger partial charge is 0.396 e. The summed E-state index contributed by atoms with van der Waals surface area (Å²) in [7, 11) is 0. The van der Waals surface area contributed by atoms with Crippen molar-refractivity contribution in [1.29, 1.82) is 0 Å². The molecule has 0 aromatic carbocycles. The van der Waals surface area contributed by atoms with Gasteiger partial charge in [0.1, 0.15) is 0 Å². The van der Waals surface area contributed by atoms with Gasteiger partial charge in [0.25, 0.3) is 0 Å². The first-order valence-corrected chi connectivity index (χ1v) is 5.03. The van der Waals surface area contributed by atoms with Crippen LogP contribution in [-0.2, 0) is 0 Å². The van der Waals surface area contributed by atoms with Gasteiger partial charge in [-0.2, -0.15) is 0 Å². The molecule has 0 aliphatic heterocycles. The molecule has 0 radical (unpaired) electrons. The fourth-order valence-electron chi connectivity index (χ4n) is 3.50. The van der Waals surface area contributed by atoms with Crippen molar-refractivity contribution in [2.45, 2.75) is 25.9 Å². The lowest BCUT2D eigenvalue weighted by molar-refractivity contribution is -0.0552. The summed E-state index contributed by atoms with van der Waals surface area (Å²) in [4.78, 5) is 0. The molecule has 5 atom stereocenters. The molecule has 0 aromatic rings. The molecule has 0 saturated heterocycles. The van der Waals surface area contributed by atoms with Crippen LogP contribution in [0.1, 0.15) is 19.8 Å². The average Bonchev–Trinajstić information content (AvgIpc) is 2.59. The van der Waals surface area contributed by atoms with Crippen LogP contribution >= 0.6 is 0 Å². The summed E-state index contributed by atoms with van der Waals surface area (Å²) >= 11 is 0. The summed E-state index contributed by atoms with van der Waals surface area (Å²) in [5, 5.41) is 28.3. The van der Waals surface area contributed by atoms with Crippen molar-refractivity contribution in [3.8, 4) is 0 Å². The Labute approximate surface area is 78.4 Å². The molecule has 13 heavy (non-hydrogen) atoms. The van der Waals surface area contributed by atoms with Gasteiger partial charge in [-0.1, -0.05) is 6.92 Å². The number of hydrogen-bond acceptors (Lipinski definition) is 3. The van der Waals surface area contributed by atoms with Crippen LogP contribution in [0.2, 0.25) is 0 Å². The maximum atomic E-state index is 9.71. The van der Waals surface area contributed by atoms with Crippen LogP contribution in [0.15, 0.2) is 0 Å². The summed E-state index contributed by atoms with van der Waals surface area (Å²) < 4.78 is 0. The molecular weight excluding hydrogens is 168 g/mol. The van der Waals surface area contributed by atoms with Gasteiger partial charge in [0.2, 0.25) is 0 Å². The number of fused-ring (bicyclic) bond motifs is 2. The minimum Gasteiger partial charge on any atom is -0.396 e. The van der Waals surface area contributed by atoms with Crippen molar-refractivity contribution >= 4 is 0 Å². The third-order valence-corrected chi connectivity index (χ3v) is 4.37. The number of hydrogen-bond donors (Lipinski definition) is 3. The van der Waals surface area contributed by atoms with E-state index in [9.17, 15) is 15.3 Å². The third kappa shape index (κ3) is 1.07. The maximum absolute atomic E-state index is 9.71. The van der Waals surface area contributed by atoms with E-state index in [1.807, 2.05) is 6.92 Å². The van der Waals surface area contributed by atoms with Crippen molar-refractivity contribution in [3.63, 3.8) is 0 Å². The minimum atomic E-state index is -0.259. The van der Waals surface area contributed by atoms with Crippen molar-refractivity contribution in [2.24, 2.45) is 23.2 Å². The molecule has 3 nitrogen and oxygen atoms in total. The van der Waals surface area contributed by atoms with Crippen LogP contribution in [-0.4, -0.2) is 34.6 Å². The van der Waals surface area contributed by atoms with E-state index in [1.165, 1.54) is 0 Å². The van der Waals surface area contributed by atoms with Crippen LogP contribution in [0.3, 0.4) is 0 Å². The highest BCUT2D eigenvalue weighted by Gasteiger charge is 2.58. The fraction of sp³-hybridized carbons (Fsp3) is 1.00. The van der Waals surface area contributed by atoms with Crippen LogP contribution in [0.5, 0.6) is 0 Å². The number of aliphatic hydroxyl groups excluding tert-OH is 3. The van der Waals surface area contributed by atoms with Crippen LogP contribution < -0.4 is 0 Å². The quantitative estimate of drug-likeness (QED) is 0.568. The first-order chi connectivity index (χ1) is 6.13. The zero-order valence-electron chi connectivity index (χ0n) is 7.98. The average molecular weight is 186 g/mol. The Morgan fingerprint density at radius 1 is 1.31 bits per heavy atom. The highest BCUT2D eigenvalue weighted by Crippen LogP contribution is 2.58. The second kappa shape index (κ2) is 2.94. The van der Waals surface area contributed by atoms with Gasteiger partial charge < -0.3 is 15.3 Å². The molecule has 3 N–H and O–H groups in total. The Morgan fingerprint density at radius 2 is 2.00 bits per heavy atom. The van der Waals surface area contributed by atoms with Gasteiger partial charge in [-0.05, 0) is 30.6 Å². The molecule has 2 fully saturated rings. The SMILES string of the molecule is CC1(CO)C2CC(CC2O)C1CO. The van der Waals surface area contributed by atoms with Crippen LogP contribution in [0.4, 0.5) is 0 Å². The van der Waals surface area contributed by atoms with Gasteiger partial charge in [0, 0.05) is 18.6 Å². The molecule has 2 rings (SSSR count). The summed E-state index contributed by atoms with van der Waals surface area (Å²) in [5.41, 5.74) is -0.253. The van der Waals surface area contributed by atoms with E-state index in [0.29, 0.717) is 5.92 Å². The Morgan fingerprint density at radius 3 is 2.54 bits per heavy atom. The van der Waals surface area contributed by atoms with E-state index in [1.54, 1.807) is 0 Å². The van der Waals surface area contributed by atoms with Crippen molar-refractivity contribution in [1.82, 2.24) is 0 Å². The molecule has 2 aliphatic rings. The molecule has 0 aromatic heterocycles. The molecule has 0 amide bonds. The first-order valence-electron chi connectivity index (χ1n) is 5.03. The zero-order chi connectivity index (χ0) is 9.64. The topological polar surface area (TPSA) is 60.7 Å².